The number of thioether (sulfide) groups is 1. The number of methoxy groups -OCH3 is 1. The number of halogens is 2. The number of nitrogens with one attached hydrogen (secondary N) is 4. The number of carbonyl (C=O) groups is 10. The highest BCUT2D eigenvalue weighted by molar-refractivity contribution is 7.99. The van der Waals surface area contributed by atoms with Gasteiger partial charge in [0, 0.05) is 141 Å². The average Bonchev–Trinajstić information content (AvgIpc) is 1.81. The van der Waals surface area contributed by atoms with Crippen LogP contribution in [-0.4, -0.2) is 307 Å². The minimum absolute atomic E-state index is 0.0297. The van der Waals surface area contributed by atoms with Crippen molar-refractivity contribution in [2.45, 2.75) is 69.5 Å². The molecule has 3 saturated heterocycles. The van der Waals surface area contributed by atoms with E-state index in [-0.39, 0.29) is 122 Å². The van der Waals surface area contributed by atoms with Crippen molar-refractivity contribution < 1.29 is 81.5 Å². The molecule has 0 bridgehead atoms. The van der Waals surface area contributed by atoms with Crippen LogP contribution in [-0.2, 0) is 54.3 Å². The van der Waals surface area contributed by atoms with E-state index in [0.717, 1.165) is 29.6 Å². The number of ether oxygens (including phenoxy) is 2. The number of fused-ring (bicyclic) bond motifs is 1. The van der Waals surface area contributed by atoms with Crippen LogP contribution in [0.4, 0.5) is 8.78 Å². The normalized spacial score (nSPS) is 18.0. The molecule has 7 N–H and O–H groups in total. The molecule has 31 heteroatoms. The predicted molar refractivity (Wildman–Crippen MR) is 340 cm³/mol. The van der Waals surface area contributed by atoms with E-state index in [9.17, 15) is 72.0 Å². The summed E-state index contributed by atoms with van der Waals surface area (Å²) in [5, 5.41) is 40.4. The lowest BCUT2D eigenvalue weighted by atomic mass is 10.1. The zero-order valence-corrected chi connectivity index (χ0v) is 53.8. The molecule has 0 aliphatic carbocycles. The Labute approximate surface area is 543 Å². The van der Waals surface area contributed by atoms with Crippen LogP contribution < -0.4 is 26.0 Å². The van der Waals surface area contributed by atoms with Gasteiger partial charge in [-0.2, -0.15) is 11.8 Å². The summed E-state index contributed by atoms with van der Waals surface area (Å²) in [5.41, 5.74) is 2.93. The molecule has 3 aliphatic rings. The lowest BCUT2D eigenvalue weighted by molar-refractivity contribution is -0.147. The molecular weight excluding hydrogens is 1240 g/mol. The Hall–Kier alpha value is -7.97. The number of esters is 1. The van der Waals surface area contributed by atoms with Crippen molar-refractivity contribution >= 4 is 88.2 Å². The predicted octanol–water partition coefficient (Wildman–Crippen LogP) is 0.00332. The van der Waals surface area contributed by atoms with Gasteiger partial charge in [-0.25, -0.2) is 8.78 Å². The first-order chi connectivity index (χ1) is 44.5. The van der Waals surface area contributed by atoms with Crippen LogP contribution in [0.3, 0.4) is 0 Å². The van der Waals surface area contributed by atoms with Crippen molar-refractivity contribution in [2.75, 3.05) is 163 Å². The zero-order valence-electron chi connectivity index (χ0n) is 52.9. The largest absolute Gasteiger partial charge is 0.494 e. The van der Waals surface area contributed by atoms with E-state index in [2.05, 4.69) is 36.1 Å². The first kappa shape index (κ1) is 74.1. The highest BCUT2D eigenvalue weighted by atomic mass is 32.2. The van der Waals surface area contributed by atoms with Crippen molar-refractivity contribution in [3.63, 3.8) is 0 Å². The standard InChI is InChI=1S/C62H87F2N13O15S/c1-43-8-10-44(11-9-43)6-4-7-52(78)67-16-31-93-41-51(69-53(79)37-72-18-20-73(38-55(81)82)22-24-75(40-57(85)86)25-23-74(21-19-72)39-56(83)84)60(89)70-50(33-58(87)91-3)61(90)76-28-26-71(27-29-76)17-5-30-92-46-12-13-49-48(32-46)47(14-15-66-49)59(88)68-36-54(80)77-42-62(63,64)34-45(77)35-65-2/h8-15,32,35,45,50-51H,4-7,16-31,33-34,36-42H2,1-3H3,(H,67,78)(H,68,88)(H,69,79)(H,70,89)(H,81,82)(H,83,84)(H,85,86)/t45-,50+,51+/m1/s1. The van der Waals surface area contributed by atoms with E-state index in [4.69, 9.17) is 9.47 Å². The van der Waals surface area contributed by atoms with Crippen molar-refractivity contribution in [1.29, 1.82) is 0 Å². The molecule has 4 heterocycles. The summed E-state index contributed by atoms with van der Waals surface area (Å²) in [6.07, 6.45) is 3.85. The molecule has 0 unspecified atom stereocenters. The molecule has 0 saturated carbocycles. The number of nitrogens with zero attached hydrogens (tertiary/aromatic N) is 9. The number of hydrogen-bond acceptors (Lipinski definition) is 20. The van der Waals surface area contributed by atoms with Gasteiger partial charge in [-0.05, 0) is 56.0 Å². The third-order valence-electron chi connectivity index (χ3n) is 16.0. The molecule has 28 nitrogen and oxygen atoms in total. The van der Waals surface area contributed by atoms with Gasteiger partial charge in [0.1, 0.15) is 17.8 Å². The second-order valence-corrected chi connectivity index (χ2v) is 24.3. The van der Waals surface area contributed by atoms with Gasteiger partial charge in [0.25, 0.3) is 11.8 Å². The van der Waals surface area contributed by atoms with Gasteiger partial charge >= 0.3 is 23.9 Å². The maximum absolute atomic E-state index is 14.5. The maximum Gasteiger partial charge on any atom is 0.317 e. The molecule has 3 fully saturated rings. The van der Waals surface area contributed by atoms with Crippen molar-refractivity contribution in [1.82, 2.24) is 60.6 Å². The lowest BCUT2D eigenvalue weighted by Gasteiger charge is -2.36. The van der Waals surface area contributed by atoms with Crippen LogP contribution >= 0.6 is 11.8 Å². The van der Waals surface area contributed by atoms with Gasteiger partial charge in [-0.3, -0.25) is 82.4 Å². The minimum Gasteiger partial charge on any atom is -0.494 e. The van der Waals surface area contributed by atoms with E-state index >= 15 is 0 Å². The Morgan fingerprint density at radius 2 is 1.34 bits per heavy atom. The fourth-order valence-corrected chi connectivity index (χ4v) is 11.9. The monoisotopic (exact) mass is 1320 g/mol. The summed E-state index contributed by atoms with van der Waals surface area (Å²) in [6, 6.07) is 11.0. The number of aliphatic carboxylic acids is 3. The Balaban J connectivity index is 1.05. The average molecular weight is 1320 g/mol. The summed E-state index contributed by atoms with van der Waals surface area (Å²) < 4.78 is 39.4. The fraction of sp³-hybridized carbons (Fsp3) is 0.581. The number of benzene rings is 2. The lowest BCUT2D eigenvalue weighted by Crippen LogP contribution is -2.59. The third kappa shape index (κ3) is 25.8. The summed E-state index contributed by atoms with van der Waals surface area (Å²) in [6.45, 7) is 2.90. The van der Waals surface area contributed by atoms with Gasteiger partial charge < -0.3 is 55.9 Å². The zero-order chi connectivity index (χ0) is 67.5. The molecule has 0 radical (unpaired) electrons. The SMILES string of the molecule is CN=C[C@H]1CC(F)(F)CN1C(=O)CNC(=O)c1ccnc2ccc(OCCCN3CCN(C(=O)[C@H](CC(=O)OC)NC(=O)[C@H](CSCCNC(=O)CCCc4ccc(C)cc4)NC(=O)CN4CCN(CC(=O)O)CCN(CC(=O)O)CCN(CC(=O)O)CC4)CC3)cc12. The van der Waals surface area contributed by atoms with Crippen molar-refractivity contribution in [3.05, 3.63) is 71.4 Å². The number of hydrogen-bond donors (Lipinski definition) is 7. The molecule has 0 spiro atoms. The number of alkyl halides is 2. The topological polar surface area (TPSA) is 346 Å². The number of carboxylic acid groups (broad SMARTS) is 3. The van der Waals surface area contributed by atoms with E-state index < -0.39 is 103 Å². The Morgan fingerprint density at radius 3 is 1.94 bits per heavy atom. The molecule has 2 aromatic carbocycles. The molecule has 3 aliphatic heterocycles. The molecule has 3 aromatic rings. The van der Waals surface area contributed by atoms with Crippen LogP contribution in [0.25, 0.3) is 10.9 Å². The van der Waals surface area contributed by atoms with E-state index in [0.29, 0.717) is 61.3 Å². The summed E-state index contributed by atoms with van der Waals surface area (Å²) in [7, 11) is 2.58. The molecule has 3 atom stereocenters. The van der Waals surface area contributed by atoms with Gasteiger partial charge in [0.05, 0.1) is 76.5 Å². The Morgan fingerprint density at radius 1 is 0.742 bits per heavy atom. The number of aryl methyl sites for hydroxylation is 2. The van der Waals surface area contributed by atoms with E-state index in [1.807, 2.05) is 31.2 Å². The maximum atomic E-state index is 14.5. The number of carboxylic acids is 3. The van der Waals surface area contributed by atoms with E-state index in [1.165, 1.54) is 42.2 Å². The van der Waals surface area contributed by atoms with Gasteiger partial charge in [-0.15, -0.1) is 0 Å². The number of piperazine rings is 1. The first-order valence-corrected chi connectivity index (χ1v) is 32.1. The molecule has 6 amide bonds. The highest BCUT2D eigenvalue weighted by Gasteiger charge is 2.46. The Bertz CT molecular complexity index is 3040. The summed E-state index contributed by atoms with van der Waals surface area (Å²) in [5.74, 6) is -9.86. The Kier molecular flexibility index (Phi) is 30.0. The van der Waals surface area contributed by atoms with Gasteiger partial charge in [0.2, 0.25) is 29.5 Å². The van der Waals surface area contributed by atoms with Crippen LogP contribution in [0.15, 0.2) is 59.7 Å². The molecule has 510 valence electrons. The summed E-state index contributed by atoms with van der Waals surface area (Å²) in [4.78, 5) is 150. The second-order valence-electron chi connectivity index (χ2n) is 23.2. The number of rotatable bonds is 32. The number of amides is 6. The van der Waals surface area contributed by atoms with Crippen LogP contribution in [0.5, 0.6) is 5.75 Å². The fourth-order valence-electron chi connectivity index (χ4n) is 11.0. The molecule has 6 rings (SSSR count). The van der Waals surface area contributed by atoms with Gasteiger partial charge in [0.15, 0.2) is 0 Å². The molecule has 1 aromatic heterocycles. The minimum atomic E-state index is -3.08. The second kappa shape index (κ2) is 37.7. The number of aromatic nitrogens is 1. The van der Waals surface area contributed by atoms with Crippen LogP contribution in [0.1, 0.15) is 53.6 Å². The van der Waals surface area contributed by atoms with Gasteiger partial charge in [-0.1, -0.05) is 29.8 Å². The summed E-state index contributed by atoms with van der Waals surface area (Å²) >= 11 is 1.25. The quantitative estimate of drug-likeness (QED) is 0.0246. The van der Waals surface area contributed by atoms with Crippen molar-refractivity contribution in [2.24, 2.45) is 4.99 Å². The third-order valence-corrected chi connectivity index (χ3v) is 17.0. The first-order valence-electron chi connectivity index (χ1n) is 31.0. The van der Waals surface area contributed by atoms with Crippen molar-refractivity contribution in [3.8, 4) is 5.75 Å². The number of likely N-dealkylation sites (tertiary alicyclic amines) is 1. The number of pyridine rings is 1. The number of aliphatic imine (C=N–C) groups is 1. The van der Waals surface area contributed by atoms with E-state index in [1.54, 1.807) is 37.8 Å². The molecule has 93 heavy (non-hydrogen) atoms. The highest BCUT2D eigenvalue weighted by Crippen LogP contribution is 2.31. The smallest absolute Gasteiger partial charge is 0.317 e. The van der Waals surface area contributed by atoms with Crippen LogP contribution in [0, 0.1) is 6.92 Å². The number of carbonyl (C=O) groups excluding carboxylic acids is 7. The van der Waals surface area contributed by atoms with Crippen LogP contribution in [0.2, 0.25) is 0 Å². The molecular formula is C62H87F2N13O15S.